The van der Waals surface area contributed by atoms with Gasteiger partial charge in [-0.15, -0.1) is 0 Å². The van der Waals surface area contributed by atoms with E-state index in [-0.39, 0.29) is 24.7 Å². The minimum Gasteiger partial charge on any atom is -0.325 e. The molecule has 0 bridgehead atoms. The van der Waals surface area contributed by atoms with Crippen molar-refractivity contribution in [2.75, 3.05) is 5.32 Å². The minimum absolute atomic E-state index is 0.0839. The Balaban J connectivity index is 2.32. The molecule has 0 aliphatic rings. The Morgan fingerprint density at radius 3 is 2.50 bits per heavy atom. The van der Waals surface area contributed by atoms with E-state index in [2.05, 4.69) is 22.8 Å². The third kappa shape index (κ3) is 7.22. The second-order valence-corrected chi connectivity index (χ2v) is 5.42. The van der Waals surface area contributed by atoms with Crippen LogP contribution >= 0.6 is 11.6 Å². The number of anilines is 1. The van der Waals surface area contributed by atoms with Gasteiger partial charge in [0.2, 0.25) is 11.8 Å². The highest BCUT2D eigenvalue weighted by Gasteiger charge is 2.08. The number of benzene rings is 1. The maximum atomic E-state index is 11.8. The van der Waals surface area contributed by atoms with Crippen molar-refractivity contribution in [3.63, 3.8) is 0 Å². The molecule has 120 valence electrons. The number of hydrogen-bond donors (Lipinski definition) is 2. The Kier molecular flexibility index (Phi) is 8.22. The number of nitrogens with zero attached hydrogens (tertiary/aromatic N) is 1. The largest absolute Gasteiger partial charge is 0.325 e. The van der Waals surface area contributed by atoms with Gasteiger partial charge in [0.1, 0.15) is 0 Å². The molecule has 0 aliphatic heterocycles. The monoisotopic (exact) mass is 323 g/mol. The number of hydrogen-bond acceptors (Lipinski definition) is 3. The molecule has 0 saturated heterocycles. The number of nitrogens with one attached hydrogen (secondary N) is 2. The molecule has 0 unspecified atom stereocenters. The van der Waals surface area contributed by atoms with Crippen molar-refractivity contribution in [2.45, 2.75) is 46.0 Å². The highest BCUT2D eigenvalue weighted by atomic mass is 35.5. The van der Waals surface area contributed by atoms with E-state index in [1.807, 2.05) is 6.92 Å². The van der Waals surface area contributed by atoms with E-state index in [9.17, 15) is 9.59 Å². The third-order valence-corrected chi connectivity index (χ3v) is 3.32. The van der Waals surface area contributed by atoms with Gasteiger partial charge in [-0.1, -0.05) is 37.1 Å². The summed E-state index contributed by atoms with van der Waals surface area (Å²) in [6.45, 7) is 3.98. The zero-order chi connectivity index (χ0) is 16.4. The number of amides is 2. The summed E-state index contributed by atoms with van der Waals surface area (Å²) in [4.78, 5) is 23.4. The molecule has 1 rings (SSSR count). The van der Waals surface area contributed by atoms with Crippen LogP contribution in [-0.4, -0.2) is 17.5 Å². The van der Waals surface area contributed by atoms with Crippen LogP contribution in [0, 0.1) is 0 Å². The lowest BCUT2D eigenvalue weighted by Crippen LogP contribution is -2.21. The highest BCUT2D eigenvalue weighted by Crippen LogP contribution is 2.20. The van der Waals surface area contributed by atoms with E-state index in [0.29, 0.717) is 10.7 Å². The van der Waals surface area contributed by atoms with Gasteiger partial charge in [-0.3, -0.25) is 9.59 Å². The van der Waals surface area contributed by atoms with Crippen LogP contribution in [0.4, 0.5) is 5.69 Å². The molecular weight excluding hydrogens is 302 g/mol. The third-order valence-electron chi connectivity index (χ3n) is 2.99. The van der Waals surface area contributed by atoms with Crippen molar-refractivity contribution in [1.82, 2.24) is 5.43 Å². The number of hydrazone groups is 1. The molecule has 0 heterocycles. The molecule has 0 radical (unpaired) electrons. The average molecular weight is 324 g/mol. The molecule has 2 N–H and O–H groups in total. The van der Waals surface area contributed by atoms with Crippen LogP contribution in [0.3, 0.4) is 0 Å². The zero-order valence-electron chi connectivity index (χ0n) is 13.0. The fourth-order valence-corrected chi connectivity index (χ4v) is 1.89. The van der Waals surface area contributed by atoms with Crippen LogP contribution in [0.25, 0.3) is 0 Å². The summed E-state index contributed by atoms with van der Waals surface area (Å²) in [5.74, 6) is -0.528. The van der Waals surface area contributed by atoms with Crippen molar-refractivity contribution >= 4 is 34.8 Å². The number of para-hydroxylation sites is 1. The van der Waals surface area contributed by atoms with E-state index in [4.69, 9.17) is 11.6 Å². The first kappa shape index (κ1) is 18.2. The number of rotatable bonds is 8. The summed E-state index contributed by atoms with van der Waals surface area (Å²) in [6, 6.07) is 6.96. The Labute approximate surface area is 136 Å². The Hall–Kier alpha value is -1.88. The molecule has 0 atom stereocenters. The number of carbonyl (C=O) groups is 2. The maximum absolute atomic E-state index is 11.8. The molecule has 1 aromatic rings. The van der Waals surface area contributed by atoms with Gasteiger partial charge in [-0.2, -0.15) is 5.10 Å². The van der Waals surface area contributed by atoms with Crippen molar-refractivity contribution in [3.8, 4) is 0 Å². The normalized spacial score (nSPS) is 11.1. The van der Waals surface area contributed by atoms with Gasteiger partial charge >= 0.3 is 0 Å². The second kappa shape index (κ2) is 9.95. The van der Waals surface area contributed by atoms with E-state index < -0.39 is 0 Å². The summed E-state index contributed by atoms with van der Waals surface area (Å²) >= 11 is 5.95. The molecule has 6 heteroatoms. The van der Waals surface area contributed by atoms with Crippen LogP contribution in [0.15, 0.2) is 29.4 Å². The van der Waals surface area contributed by atoms with Crippen LogP contribution in [0.5, 0.6) is 0 Å². The van der Waals surface area contributed by atoms with Gasteiger partial charge in [0.05, 0.1) is 10.7 Å². The van der Waals surface area contributed by atoms with Crippen LogP contribution in [0.2, 0.25) is 5.02 Å². The van der Waals surface area contributed by atoms with Gasteiger partial charge in [0.15, 0.2) is 0 Å². The smallest absolute Gasteiger partial charge is 0.240 e. The summed E-state index contributed by atoms with van der Waals surface area (Å²) in [6.07, 6.45) is 3.17. The SMILES string of the molecule is CCCC/C(C)=N/NC(=O)CCC(=O)Nc1ccccc1Cl. The van der Waals surface area contributed by atoms with Crippen molar-refractivity contribution in [3.05, 3.63) is 29.3 Å². The fraction of sp³-hybridized carbons (Fsp3) is 0.438. The molecule has 0 aromatic heterocycles. The predicted octanol–water partition coefficient (Wildman–Crippen LogP) is 3.74. The zero-order valence-corrected chi connectivity index (χ0v) is 13.7. The first-order valence-corrected chi connectivity index (χ1v) is 7.77. The first-order chi connectivity index (χ1) is 10.5. The van der Waals surface area contributed by atoms with Gasteiger partial charge in [-0.05, 0) is 31.9 Å². The van der Waals surface area contributed by atoms with Crippen molar-refractivity contribution < 1.29 is 9.59 Å². The van der Waals surface area contributed by atoms with Gasteiger partial charge in [0.25, 0.3) is 0 Å². The van der Waals surface area contributed by atoms with E-state index in [1.165, 1.54) is 0 Å². The van der Waals surface area contributed by atoms with Gasteiger partial charge in [-0.25, -0.2) is 5.43 Å². The minimum atomic E-state index is -0.273. The highest BCUT2D eigenvalue weighted by molar-refractivity contribution is 6.33. The predicted molar refractivity (Wildman–Crippen MR) is 90.1 cm³/mol. The first-order valence-electron chi connectivity index (χ1n) is 7.39. The summed E-state index contributed by atoms with van der Waals surface area (Å²) in [5.41, 5.74) is 3.89. The standard InChI is InChI=1S/C16H22ClN3O2/c1-3-4-7-12(2)19-20-16(22)11-10-15(21)18-14-9-6-5-8-13(14)17/h5-6,8-9H,3-4,7,10-11H2,1-2H3,(H,18,21)(H,20,22)/b19-12+. The van der Waals surface area contributed by atoms with Gasteiger partial charge < -0.3 is 5.32 Å². The van der Waals surface area contributed by atoms with Crippen LogP contribution in [0.1, 0.15) is 46.0 Å². The molecule has 0 fully saturated rings. The van der Waals surface area contributed by atoms with E-state index >= 15 is 0 Å². The molecule has 5 nitrogen and oxygen atoms in total. The molecule has 0 spiro atoms. The summed E-state index contributed by atoms with van der Waals surface area (Å²) in [5, 5.41) is 7.14. The fourth-order valence-electron chi connectivity index (χ4n) is 1.70. The number of carbonyl (C=O) groups excluding carboxylic acids is 2. The van der Waals surface area contributed by atoms with E-state index in [1.54, 1.807) is 24.3 Å². The Morgan fingerprint density at radius 1 is 1.14 bits per heavy atom. The van der Waals surface area contributed by atoms with E-state index in [0.717, 1.165) is 25.0 Å². The molecule has 22 heavy (non-hydrogen) atoms. The van der Waals surface area contributed by atoms with Crippen molar-refractivity contribution in [2.24, 2.45) is 5.10 Å². The molecule has 2 amide bonds. The number of halogens is 1. The van der Waals surface area contributed by atoms with Gasteiger partial charge in [0, 0.05) is 18.6 Å². The Morgan fingerprint density at radius 2 is 1.82 bits per heavy atom. The lowest BCUT2D eigenvalue weighted by atomic mass is 10.2. The second-order valence-electron chi connectivity index (χ2n) is 5.01. The van der Waals surface area contributed by atoms with Crippen LogP contribution in [-0.2, 0) is 9.59 Å². The lowest BCUT2D eigenvalue weighted by molar-refractivity contribution is -0.124. The maximum Gasteiger partial charge on any atom is 0.240 e. The quantitative estimate of drug-likeness (QED) is 0.565. The molecule has 0 saturated carbocycles. The topological polar surface area (TPSA) is 70.6 Å². The Bertz CT molecular complexity index is 544. The summed E-state index contributed by atoms with van der Waals surface area (Å²) < 4.78 is 0. The van der Waals surface area contributed by atoms with Crippen molar-refractivity contribution in [1.29, 1.82) is 0 Å². The molecule has 0 aliphatic carbocycles. The lowest BCUT2D eigenvalue weighted by Gasteiger charge is -2.06. The number of unbranched alkanes of at least 4 members (excludes halogenated alkanes) is 1. The molecular formula is C16H22ClN3O2. The van der Waals surface area contributed by atoms with Crippen LogP contribution < -0.4 is 10.7 Å². The summed E-state index contributed by atoms with van der Waals surface area (Å²) in [7, 11) is 0. The molecule has 1 aromatic carbocycles. The average Bonchev–Trinajstić information content (AvgIpc) is 2.51.